The summed E-state index contributed by atoms with van der Waals surface area (Å²) < 4.78 is 0. The third kappa shape index (κ3) is 2.65. The maximum absolute atomic E-state index is 6.32. The van der Waals surface area contributed by atoms with Crippen molar-refractivity contribution in [2.24, 2.45) is 11.8 Å². The number of nitrogens with zero attached hydrogens (tertiary/aromatic N) is 2. The van der Waals surface area contributed by atoms with Gasteiger partial charge in [0.05, 0.1) is 0 Å². The van der Waals surface area contributed by atoms with E-state index in [2.05, 4.69) is 18.8 Å². The molecule has 0 N–H and O–H groups in total. The van der Waals surface area contributed by atoms with Crippen LogP contribution in [0.5, 0.6) is 0 Å². The van der Waals surface area contributed by atoms with Crippen molar-refractivity contribution in [2.45, 2.75) is 64.7 Å². The Bertz CT molecular complexity index is 462. The second-order valence-electron chi connectivity index (χ2n) is 6.51. The standard InChI is InChI=1S/C16H23ClN2/c1-10(2)11-6-8-12(9-7-11)16-18-14-5-3-4-13(14)15(17)19-16/h10-12H,3-9H2,1-2H3. The molecule has 0 aromatic carbocycles. The largest absolute Gasteiger partial charge is 0.237 e. The highest BCUT2D eigenvalue weighted by atomic mass is 35.5. The zero-order valence-electron chi connectivity index (χ0n) is 12.0. The molecule has 0 unspecified atom stereocenters. The summed E-state index contributed by atoms with van der Waals surface area (Å²) in [4.78, 5) is 9.40. The third-order valence-electron chi connectivity index (χ3n) is 4.98. The molecule has 1 fully saturated rings. The smallest absolute Gasteiger partial charge is 0.136 e. The molecule has 0 saturated heterocycles. The monoisotopic (exact) mass is 278 g/mol. The number of aromatic nitrogens is 2. The first-order valence-corrected chi connectivity index (χ1v) is 8.08. The Morgan fingerprint density at radius 2 is 1.79 bits per heavy atom. The molecule has 1 aromatic heterocycles. The van der Waals surface area contributed by atoms with Gasteiger partial charge < -0.3 is 0 Å². The van der Waals surface area contributed by atoms with Gasteiger partial charge in [-0.25, -0.2) is 9.97 Å². The Morgan fingerprint density at radius 3 is 2.47 bits per heavy atom. The highest BCUT2D eigenvalue weighted by Gasteiger charge is 2.27. The van der Waals surface area contributed by atoms with Crippen LogP contribution in [0.4, 0.5) is 0 Å². The van der Waals surface area contributed by atoms with Crippen LogP contribution in [0.2, 0.25) is 5.15 Å². The van der Waals surface area contributed by atoms with Crippen molar-refractivity contribution in [3.63, 3.8) is 0 Å². The van der Waals surface area contributed by atoms with Crippen molar-refractivity contribution in [3.05, 3.63) is 22.2 Å². The summed E-state index contributed by atoms with van der Waals surface area (Å²) in [6, 6.07) is 0. The molecule has 1 heterocycles. The summed E-state index contributed by atoms with van der Waals surface area (Å²) in [5, 5.41) is 0.725. The summed E-state index contributed by atoms with van der Waals surface area (Å²) in [5.41, 5.74) is 2.43. The summed E-state index contributed by atoms with van der Waals surface area (Å²) in [6.07, 6.45) is 8.45. The molecule has 3 rings (SSSR count). The van der Waals surface area contributed by atoms with Gasteiger partial charge in [0, 0.05) is 17.2 Å². The quantitative estimate of drug-likeness (QED) is 0.742. The van der Waals surface area contributed by atoms with Gasteiger partial charge in [-0.3, -0.25) is 0 Å². The Labute approximate surface area is 121 Å². The lowest BCUT2D eigenvalue weighted by molar-refractivity contribution is 0.254. The lowest BCUT2D eigenvalue weighted by Gasteiger charge is -2.30. The van der Waals surface area contributed by atoms with Gasteiger partial charge in [-0.1, -0.05) is 25.4 Å². The van der Waals surface area contributed by atoms with Gasteiger partial charge in [0.1, 0.15) is 11.0 Å². The molecule has 0 spiro atoms. The van der Waals surface area contributed by atoms with Crippen LogP contribution in [0.1, 0.15) is 69.0 Å². The average Bonchev–Trinajstić information content (AvgIpc) is 2.87. The normalized spacial score (nSPS) is 26.7. The molecule has 0 aliphatic heterocycles. The van der Waals surface area contributed by atoms with Crippen LogP contribution in [-0.4, -0.2) is 9.97 Å². The fourth-order valence-corrected chi connectivity index (χ4v) is 3.92. The predicted molar refractivity (Wildman–Crippen MR) is 78.6 cm³/mol. The summed E-state index contributed by atoms with van der Waals surface area (Å²) >= 11 is 6.32. The fraction of sp³-hybridized carbons (Fsp3) is 0.750. The molecular formula is C16H23ClN2. The number of hydrogen-bond donors (Lipinski definition) is 0. The summed E-state index contributed by atoms with van der Waals surface area (Å²) in [5.74, 6) is 3.26. The molecule has 0 radical (unpaired) electrons. The van der Waals surface area contributed by atoms with Crippen molar-refractivity contribution < 1.29 is 0 Å². The minimum absolute atomic E-state index is 0.540. The van der Waals surface area contributed by atoms with E-state index in [0.717, 1.165) is 35.7 Å². The number of hydrogen-bond acceptors (Lipinski definition) is 2. The minimum atomic E-state index is 0.540. The predicted octanol–water partition coefficient (Wildman–Crippen LogP) is 4.55. The van der Waals surface area contributed by atoms with E-state index in [1.54, 1.807) is 0 Å². The highest BCUT2D eigenvalue weighted by Crippen LogP contribution is 2.38. The van der Waals surface area contributed by atoms with Crippen molar-refractivity contribution in [1.29, 1.82) is 0 Å². The topological polar surface area (TPSA) is 25.8 Å². The number of aryl methyl sites for hydroxylation is 1. The fourth-order valence-electron chi connectivity index (χ4n) is 3.63. The first kappa shape index (κ1) is 13.4. The van der Waals surface area contributed by atoms with E-state index < -0.39 is 0 Å². The van der Waals surface area contributed by atoms with Gasteiger partial charge >= 0.3 is 0 Å². The SMILES string of the molecule is CC(C)C1CCC(c2nc(Cl)c3c(n2)CCC3)CC1. The van der Waals surface area contributed by atoms with Gasteiger partial charge in [0.15, 0.2) is 0 Å². The Morgan fingerprint density at radius 1 is 1.05 bits per heavy atom. The molecule has 0 bridgehead atoms. The molecule has 2 nitrogen and oxygen atoms in total. The van der Waals surface area contributed by atoms with Crippen LogP contribution < -0.4 is 0 Å². The van der Waals surface area contributed by atoms with Gasteiger partial charge in [0.2, 0.25) is 0 Å². The van der Waals surface area contributed by atoms with E-state index in [1.165, 1.54) is 43.4 Å². The van der Waals surface area contributed by atoms with Crippen molar-refractivity contribution >= 4 is 11.6 Å². The van der Waals surface area contributed by atoms with Gasteiger partial charge in [-0.15, -0.1) is 0 Å². The molecule has 1 aromatic rings. The van der Waals surface area contributed by atoms with E-state index in [9.17, 15) is 0 Å². The molecule has 104 valence electrons. The first-order chi connectivity index (χ1) is 9.15. The zero-order valence-corrected chi connectivity index (χ0v) is 12.7. The molecule has 2 aliphatic rings. The highest BCUT2D eigenvalue weighted by molar-refractivity contribution is 6.30. The van der Waals surface area contributed by atoms with Crippen LogP contribution >= 0.6 is 11.6 Å². The van der Waals surface area contributed by atoms with Gasteiger partial charge in [-0.2, -0.15) is 0 Å². The summed E-state index contributed by atoms with van der Waals surface area (Å²) in [7, 11) is 0. The Hall–Kier alpha value is -0.630. The van der Waals surface area contributed by atoms with E-state index in [0.29, 0.717) is 5.92 Å². The maximum atomic E-state index is 6.32. The average molecular weight is 279 g/mol. The maximum Gasteiger partial charge on any atom is 0.136 e. The van der Waals surface area contributed by atoms with Crippen molar-refractivity contribution in [2.75, 3.05) is 0 Å². The second kappa shape index (κ2) is 5.40. The van der Waals surface area contributed by atoms with Crippen LogP contribution in [0.25, 0.3) is 0 Å². The van der Waals surface area contributed by atoms with E-state index in [1.807, 2.05) is 0 Å². The molecule has 2 aliphatic carbocycles. The van der Waals surface area contributed by atoms with E-state index in [4.69, 9.17) is 16.6 Å². The van der Waals surface area contributed by atoms with Crippen LogP contribution in [-0.2, 0) is 12.8 Å². The molecular weight excluding hydrogens is 256 g/mol. The Balaban J connectivity index is 1.75. The lowest BCUT2D eigenvalue weighted by Crippen LogP contribution is -2.19. The number of halogens is 1. The second-order valence-corrected chi connectivity index (χ2v) is 6.87. The third-order valence-corrected chi connectivity index (χ3v) is 5.29. The number of rotatable bonds is 2. The van der Waals surface area contributed by atoms with Gasteiger partial charge in [-0.05, 0) is 56.8 Å². The van der Waals surface area contributed by atoms with Crippen molar-refractivity contribution in [3.8, 4) is 0 Å². The molecule has 19 heavy (non-hydrogen) atoms. The van der Waals surface area contributed by atoms with Gasteiger partial charge in [0.25, 0.3) is 0 Å². The minimum Gasteiger partial charge on any atom is -0.237 e. The zero-order chi connectivity index (χ0) is 13.4. The Kier molecular flexibility index (Phi) is 3.79. The first-order valence-electron chi connectivity index (χ1n) is 7.70. The van der Waals surface area contributed by atoms with E-state index in [-0.39, 0.29) is 0 Å². The molecule has 0 amide bonds. The van der Waals surface area contributed by atoms with E-state index >= 15 is 0 Å². The molecule has 0 atom stereocenters. The van der Waals surface area contributed by atoms with Crippen LogP contribution in [0, 0.1) is 11.8 Å². The lowest BCUT2D eigenvalue weighted by atomic mass is 9.76. The number of fused-ring (bicyclic) bond motifs is 1. The van der Waals surface area contributed by atoms with Crippen LogP contribution in [0.15, 0.2) is 0 Å². The van der Waals surface area contributed by atoms with Crippen molar-refractivity contribution in [1.82, 2.24) is 9.97 Å². The summed E-state index contributed by atoms with van der Waals surface area (Å²) in [6.45, 7) is 4.68. The van der Waals surface area contributed by atoms with Crippen LogP contribution in [0.3, 0.4) is 0 Å². The molecule has 1 saturated carbocycles. The molecule has 3 heteroatoms.